The maximum Gasteiger partial charge on any atom is 0.510 e. The molecule has 2 aliphatic rings. The fourth-order valence-electron chi connectivity index (χ4n) is 4.06. The Morgan fingerprint density at radius 3 is 2.51 bits per heavy atom. The molecule has 1 atom stereocenters. The highest BCUT2D eigenvalue weighted by Crippen LogP contribution is 2.30. The van der Waals surface area contributed by atoms with Crippen molar-refractivity contribution in [2.24, 2.45) is 0 Å². The first kappa shape index (κ1) is 25.0. The third-order valence-electron chi connectivity index (χ3n) is 6.15. The normalized spacial score (nSPS) is 18.2. The average Bonchev–Trinajstić information content (AvgIpc) is 3.47. The summed E-state index contributed by atoms with van der Waals surface area (Å²) in [5.41, 5.74) is 3.11. The molecule has 2 aromatic rings. The van der Waals surface area contributed by atoms with Crippen LogP contribution in [0.25, 0.3) is 0 Å². The van der Waals surface area contributed by atoms with Crippen LogP contribution in [0.1, 0.15) is 49.4 Å². The van der Waals surface area contributed by atoms with Crippen LogP contribution >= 0.6 is 11.8 Å². The third kappa shape index (κ3) is 6.97. The lowest BCUT2D eigenvalue weighted by molar-refractivity contribution is -0.129. The van der Waals surface area contributed by atoms with Crippen molar-refractivity contribution in [3.05, 3.63) is 59.4 Å². The number of carbonyl (C=O) groups excluding carboxylic acids is 3. The first-order valence-electron chi connectivity index (χ1n) is 12.0. The Balaban J connectivity index is 1.20. The summed E-state index contributed by atoms with van der Waals surface area (Å²) in [5.74, 6) is 0.367. The summed E-state index contributed by atoms with van der Waals surface area (Å²) in [7, 11) is 0. The molecule has 1 aromatic carbocycles. The average molecular weight is 499 g/mol. The lowest BCUT2D eigenvalue weighted by Gasteiger charge is -2.16. The summed E-state index contributed by atoms with van der Waals surface area (Å²) in [5, 5.41) is -0.977. The van der Waals surface area contributed by atoms with Crippen molar-refractivity contribution in [1.82, 2.24) is 9.88 Å². The quantitative estimate of drug-likeness (QED) is 0.426. The van der Waals surface area contributed by atoms with Gasteiger partial charge in [0.05, 0.1) is 11.9 Å². The molecule has 9 heteroatoms. The lowest BCUT2D eigenvalue weighted by atomic mass is 10.1. The predicted octanol–water partition coefficient (Wildman–Crippen LogP) is 4.93. The van der Waals surface area contributed by atoms with Gasteiger partial charge in [-0.3, -0.25) is 14.6 Å². The molecule has 0 N–H and O–H groups in total. The zero-order valence-corrected chi connectivity index (χ0v) is 20.6. The number of benzene rings is 1. The number of thioether (sulfide) groups is 1. The second-order valence-corrected chi connectivity index (χ2v) is 9.80. The van der Waals surface area contributed by atoms with Crippen molar-refractivity contribution in [3.8, 4) is 5.75 Å². The maximum absolute atomic E-state index is 12.7. The third-order valence-corrected chi connectivity index (χ3v) is 7.22. The van der Waals surface area contributed by atoms with Gasteiger partial charge in [-0.25, -0.2) is 9.69 Å². The molecule has 1 saturated heterocycles. The number of rotatable bonds is 10. The molecule has 2 amide bonds. The monoisotopic (exact) mass is 498 g/mol. The summed E-state index contributed by atoms with van der Waals surface area (Å²) in [6.07, 6.45) is 6.70. The minimum Gasteiger partial charge on any atom is -0.493 e. The summed E-state index contributed by atoms with van der Waals surface area (Å²) in [4.78, 5) is 42.2. The van der Waals surface area contributed by atoms with Crippen molar-refractivity contribution in [3.63, 3.8) is 0 Å². The van der Waals surface area contributed by atoms with Crippen molar-refractivity contribution >= 4 is 29.1 Å². The Hall–Kier alpha value is -3.07. The minimum absolute atomic E-state index is 0.134. The van der Waals surface area contributed by atoms with Gasteiger partial charge in [0.15, 0.2) is 6.73 Å². The van der Waals surface area contributed by atoms with Gasteiger partial charge in [-0.2, -0.15) is 0 Å². The molecule has 2 heterocycles. The number of carbonyl (C=O) groups is 3. The van der Waals surface area contributed by atoms with Crippen LogP contribution in [0, 0.1) is 0 Å². The Labute approximate surface area is 209 Å². The highest BCUT2D eigenvalue weighted by Gasteiger charge is 2.40. The molecular formula is C26H30N2O6S. The molecule has 1 aromatic heterocycles. The molecule has 8 nitrogen and oxygen atoms in total. The Morgan fingerprint density at radius 1 is 1.09 bits per heavy atom. The van der Waals surface area contributed by atoms with E-state index >= 15 is 0 Å². The Bertz CT molecular complexity index is 1020. The first-order chi connectivity index (χ1) is 17.0. The van der Waals surface area contributed by atoms with Gasteiger partial charge < -0.3 is 14.2 Å². The van der Waals surface area contributed by atoms with Crippen LogP contribution in [0.5, 0.6) is 5.75 Å². The van der Waals surface area contributed by atoms with Gasteiger partial charge in [0.25, 0.3) is 5.24 Å². The summed E-state index contributed by atoms with van der Waals surface area (Å²) >= 11 is 0.947. The van der Waals surface area contributed by atoms with Crippen LogP contribution in [0.2, 0.25) is 0 Å². The summed E-state index contributed by atoms with van der Waals surface area (Å²) in [6, 6.07) is 11.6. The standard InChI is InChI=1S/C26H30N2O6S/c1-2-18-7-10-20(27-16-18)13-14-32-21-11-8-19(9-12-21)15-23-24(29)28(25(30)35-23)17-33-26(31)34-22-5-3-4-6-22/h7-12,16,22-23H,2-6,13-15,17H2,1H3. The molecule has 0 radical (unpaired) electrons. The number of ether oxygens (including phenoxy) is 3. The van der Waals surface area contributed by atoms with Gasteiger partial charge in [0.1, 0.15) is 11.9 Å². The number of amides is 2. The van der Waals surface area contributed by atoms with Crippen LogP contribution in [-0.4, -0.2) is 51.9 Å². The molecule has 0 spiro atoms. The van der Waals surface area contributed by atoms with Crippen LogP contribution in [0.3, 0.4) is 0 Å². The molecular weight excluding hydrogens is 468 g/mol. The van der Waals surface area contributed by atoms with Gasteiger partial charge in [-0.05, 0) is 67.9 Å². The number of imide groups is 1. The van der Waals surface area contributed by atoms with Gasteiger partial charge in [-0.1, -0.05) is 36.9 Å². The molecule has 4 rings (SSSR count). The highest BCUT2D eigenvalue weighted by atomic mass is 32.2. The van der Waals surface area contributed by atoms with Crippen LogP contribution in [0.15, 0.2) is 42.6 Å². The van der Waals surface area contributed by atoms with Crippen LogP contribution in [0.4, 0.5) is 9.59 Å². The molecule has 1 aliphatic carbocycles. The second kappa shape index (κ2) is 12.1. The molecule has 0 bridgehead atoms. The van der Waals surface area contributed by atoms with E-state index in [2.05, 4.69) is 18.0 Å². The molecule has 2 fully saturated rings. The number of aromatic nitrogens is 1. The van der Waals surface area contributed by atoms with E-state index in [1.807, 2.05) is 36.5 Å². The van der Waals surface area contributed by atoms with E-state index in [4.69, 9.17) is 14.2 Å². The smallest absolute Gasteiger partial charge is 0.493 e. The second-order valence-electron chi connectivity index (χ2n) is 8.64. The van der Waals surface area contributed by atoms with E-state index in [1.165, 1.54) is 5.56 Å². The van der Waals surface area contributed by atoms with Gasteiger partial charge in [0, 0.05) is 18.3 Å². The fourth-order valence-corrected chi connectivity index (χ4v) is 5.08. The molecule has 186 valence electrons. The SMILES string of the molecule is CCc1ccc(CCOc2ccc(CC3SC(=O)N(COC(=O)OC4CCCC4)C3=O)cc2)nc1. The minimum atomic E-state index is -0.838. The first-order valence-corrected chi connectivity index (χ1v) is 12.9. The van der Waals surface area contributed by atoms with Gasteiger partial charge in [-0.15, -0.1) is 0 Å². The maximum atomic E-state index is 12.7. The fraction of sp³-hybridized carbons (Fsp3) is 0.462. The summed E-state index contributed by atoms with van der Waals surface area (Å²) in [6.45, 7) is 2.19. The Morgan fingerprint density at radius 2 is 1.83 bits per heavy atom. The largest absolute Gasteiger partial charge is 0.510 e. The highest BCUT2D eigenvalue weighted by molar-refractivity contribution is 8.15. The molecule has 1 unspecified atom stereocenters. The van der Waals surface area contributed by atoms with E-state index in [9.17, 15) is 14.4 Å². The van der Waals surface area contributed by atoms with E-state index in [1.54, 1.807) is 0 Å². The van der Waals surface area contributed by atoms with E-state index in [-0.39, 0.29) is 12.0 Å². The molecule has 35 heavy (non-hydrogen) atoms. The molecule has 1 saturated carbocycles. The Kier molecular flexibility index (Phi) is 8.63. The van der Waals surface area contributed by atoms with Crippen molar-refractivity contribution in [2.75, 3.05) is 13.3 Å². The van der Waals surface area contributed by atoms with Gasteiger partial charge in [0.2, 0.25) is 5.91 Å². The number of nitrogens with zero attached hydrogens (tertiary/aromatic N) is 2. The summed E-state index contributed by atoms with van der Waals surface area (Å²) < 4.78 is 16.0. The predicted molar refractivity (Wildman–Crippen MR) is 131 cm³/mol. The van der Waals surface area contributed by atoms with E-state index in [0.29, 0.717) is 19.4 Å². The lowest BCUT2D eigenvalue weighted by Crippen LogP contribution is -2.35. The number of hydrogen-bond acceptors (Lipinski definition) is 8. The van der Waals surface area contributed by atoms with E-state index in [0.717, 1.165) is 65.8 Å². The van der Waals surface area contributed by atoms with Crippen LogP contribution < -0.4 is 4.74 Å². The zero-order chi connectivity index (χ0) is 24.6. The van der Waals surface area contributed by atoms with Crippen molar-refractivity contribution in [2.45, 2.75) is 63.2 Å². The van der Waals surface area contributed by atoms with Gasteiger partial charge >= 0.3 is 6.16 Å². The molecule has 1 aliphatic heterocycles. The van der Waals surface area contributed by atoms with E-state index < -0.39 is 23.4 Å². The number of hydrogen-bond donors (Lipinski definition) is 0. The topological polar surface area (TPSA) is 95.0 Å². The van der Waals surface area contributed by atoms with Crippen molar-refractivity contribution < 1.29 is 28.6 Å². The van der Waals surface area contributed by atoms with Crippen molar-refractivity contribution in [1.29, 1.82) is 0 Å². The number of aryl methyl sites for hydroxylation is 1. The van der Waals surface area contributed by atoms with Crippen LogP contribution in [-0.2, 0) is 33.5 Å². The zero-order valence-electron chi connectivity index (χ0n) is 19.8. The number of pyridine rings is 1.